The summed E-state index contributed by atoms with van der Waals surface area (Å²) in [5.41, 5.74) is 0.832. The molecular formula is C16H23ClN2O2. The highest BCUT2D eigenvalue weighted by atomic mass is 35.5. The van der Waals surface area contributed by atoms with Crippen molar-refractivity contribution in [1.82, 2.24) is 4.90 Å². The van der Waals surface area contributed by atoms with Crippen LogP contribution in [0.15, 0.2) is 24.3 Å². The molecule has 0 unspecified atom stereocenters. The molecule has 1 aromatic carbocycles. The number of rotatable bonds is 3. The zero-order valence-electron chi connectivity index (χ0n) is 12.9. The number of benzene rings is 1. The lowest BCUT2D eigenvalue weighted by Gasteiger charge is -2.36. The van der Waals surface area contributed by atoms with E-state index in [-0.39, 0.29) is 18.1 Å². The van der Waals surface area contributed by atoms with Crippen LogP contribution in [0.4, 0.5) is 5.69 Å². The van der Waals surface area contributed by atoms with Crippen LogP contribution in [0.5, 0.6) is 0 Å². The molecule has 0 N–H and O–H groups in total. The predicted molar refractivity (Wildman–Crippen MR) is 86.0 cm³/mol. The Kier molecular flexibility index (Phi) is 5.12. The van der Waals surface area contributed by atoms with Gasteiger partial charge in [0.1, 0.15) is 6.61 Å². The van der Waals surface area contributed by atoms with Crippen molar-refractivity contribution in [3.8, 4) is 0 Å². The topological polar surface area (TPSA) is 32.8 Å². The number of hydrogen-bond donors (Lipinski definition) is 0. The maximum absolute atomic E-state index is 12.1. The SMILES string of the molecule is CC(C)(C)OCC(=O)N1CCN(c2cccc(Cl)c2)CC1. The van der Waals surface area contributed by atoms with Crippen molar-refractivity contribution in [2.75, 3.05) is 37.7 Å². The molecule has 1 saturated heterocycles. The molecule has 0 aromatic heterocycles. The van der Waals surface area contributed by atoms with Crippen molar-refractivity contribution >= 4 is 23.2 Å². The van der Waals surface area contributed by atoms with Crippen molar-refractivity contribution in [2.45, 2.75) is 26.4 Å². The Bertz CT molecular complexity index is 491. The van der Waals surface area contributed by atoms with Crippen molar-refractivity contribution in [1.29, 1.82) is 0 Å². The van der Waals surface area contributed by atoms with Crippen LogP contribution in [0, 0.1) is 0 Å². The zero-order valence-corrected chi connectivity index (χ0v) is 13.7. The molecule has 5 heteroatoms. The number of ether oxygens (including phenoxy) is 1. The summed E-state index contributed by atoms with van der Waals surface area (Å²) in [5, 5.41) is 0.740. The lowest BCUT2D eigenvalue weighted by Crippen LogP contribution is -2.50. The van der Waals surface area contributed by atoms with Gasteiger partial charge in [-0.2, -0.15) is 0 Å². The monoisotopic (exact) mass is 310 g/mol. The van der Waals surface area contributed by atoms with E-state index in [1.165, 1.54) is 0 Å². The Morgan fingerprint density at radius 1 is 1.24 bits per heavy atom. The maximum atomic E-state index is 12.1. The fraction of sp³-hybridized carbons (Fsp3) is 0.562. The summed E-state index contributed by atoms with van der Waals surface area (Å²) in [6.45, 7) is 9.10. The molecule has 0 atom stereocenters. The summed E-state index contributed by atoms with van der Waals surface area (Å²) >= 11 is 6.02. The molecular weight excluding hydrogens is 288 g/mol. The highest BCUT2D eigenvalue weighted by Gasteiger charge is 2.22. The van der Waals surface area contributed by atoms with Crippen molar-refractivity contribution in [3.63, 3.8) is 0 Å². The first kappa shape index (κ1) is 16.1. The molecule has 116 valence electrons. The van der Waals surface area contributed by atoms with Gasteiger partial charge in [-0.1, -0.05) is 17.7 Å². The fourth-order valence-electron chi connectivity index (χ4n) is 2.26. The smallest absolute Gasteiger partial charge is 0.248 e. The molecule has 0 aliphatic carbocycles. The molecule has 1 aliphatic rings. The van der Waals surface area contributed by atoms with Gasteiger partial charge in [-0.25, -0.2) is 0 Å². The second kappa shape index (κ2) is 6.67. The van der Waals surface area contributed by atoms with Crippen LogP contribution in [0.25, 0.3) is 0 Å². The van der Waals surface area contributed by atoms with E-state index in [1.807, 2.05) is 49.9 Å². The lowest BCUT2D eigenvalue weighted by atomic mass is 10.2. The van der Waals surface area contributed by atoms with Gasteiger partial charge >= 0.3 is 0 Å². The summed E-state index contributed by atoms with van der Waals surface area (Å²) < 4.78 is 5.55. The van der Waals surface area contributed by atoms with Crippen molar-refractivity contribution in [2.24, 2.45) is 0 Å². The van der Waals surface area contributed by atoms with E-state index in [1.54, 1.807) is 0 Å². The molecule has 2 rings (SSSR count). The van der Waals surface area contributed by atoms with Gasteiger partial charge in [-0.15, -0.1) is 0 Å². The third-order valence-corrected chi connectivity index (χ3v) is 3.67. The van der Waals surface area contributed by atoms with Crippen LogP contribution in [0.2, 0.25) is 5.02 Å². The van der Waals surface area contributed by atoms with Crippen LogP contribution in [0.3, 0.4) is 0 Å². The molecule has 1 aromatic rings. The van der Waals surface area contributed by atoms with Crippen molar-refractivity contribution < 1.29 is 9.53 Å². The highest BCUT2D eigenvalue weighted by molar-refractivity contribution is 6.30. The second-order valence-electron chi connectivity index (χ2n) is 6.25. The summed E-state index contributed by atoms with van der Waals surface area (Å²) in [6.07, 6.45) is 0. The van der Waals surface area contributed by atoms with Gasteiger partial charge in [0.2, 0.25) is 5.91 Å². The van der Waals surface area contributed by atoms with E-state index < -0.39 is 0 Å². The van der Waals surface area contributed by atoms with E-state index in [9.17, 15) is 4.79 Å². The Morgan fingerprint density at radius 2 is 1.90 bits per heavy atom. The van der Waals surface area contributed by atoms with Crippen LogP contribution in [0.1, 0.15) is 20.8 Å². The second-order valence-corrected chi connectivity index (χ2v) is 6.69. The molecule has 1 fully saturated rings. The van der Waals surface area contributed by atoms with Gasteiger partial charge in [-0.05, 0) is 39.0 Å². The van der Waals surface area contributed by atoms with Crippen LogP contribution >= 0.6 is 11.6 Å². The third kappa shape index (κ3) is 4.90. The van der Waals surface area contributed by atoms with Gasteiger partial charge in [0.15, 0.2) is 0 Å². The number of amides is 1. The van der Waals surface area contributed by atoms with Gasteiger partial charge in [0.25, 0.3) is 0 Å². The molecule has 21 heavy (non-hydrogen) atoms. The number of carbonyl (C=O) groups excluding carboxylic acids is 1. The van der Waals surface area contributed by atoms with E-state index in [2.05, 4.69) is 4.90 Å². The maximum Gasteiger partial charge on any atom is 0.248 e. The van der Waals surface area contributed by atoms with Crippen LogP contribution in [-0.4, -0.2) is 49.2 Å². The van der Waals surface area contributed by atoms with Gasteiger partial charge < -0.3 is 14.5 Å². The first-order chi connectivity index (χ1) is 9.85. The van der Waals surface area contributed by atoms with E-state index in [0.29, 0.717) is 0 Å². The summed E-state index contributed by atoms with van der Waals surface area (Å²) in [6, 6.07) is 7.83. The normalized spacial score (nSPS) is 16.2. The number of carbonyl (C=O) groups is 1. The van der Waals surface area contributed by atoms with Gasteiger partial charge in [0.05, 0.1) is 5.60 Å². The standard InChI is InChI=1S/C16H23ClN2O2/c1-16(2,3)21-12-15(20)19-9-7-18(8-10-19)14-6-4-5-13(17)11-14/h4-6,11H,7-10,12H2,1-3H3. The molecule has 0 radical (unpaired) electrons. The summed E-state index contributed by atoms with van der Waals surface area (Å²) in [7, 11) is 0. The van der Waals surface area contributed by atoms with Crippen molar-refractivity contribution in [3.05, 3.63) is 29.3 Å². The minimum absolute atomic E-state index is 0.0654. The number of nitrogens with zero attached hydrogens (tertiary/aromatic N) is 2. The Labute approximate surface area is 131 Å². The number of anilines is 1. The molecule has 1 aliphatic heterocycles. The minimum atomic E-state index is -0.279. The lowest BCUT2D eigenvalue weighted by molar-refractivity contribution is -0.141. The van der Waals surface area contributed by atoms with Crippen LogP contribution < -0.4 is 4.90 Å². The number of halogens is 1. The minimum Gasteiger partial charge on any atom is -0.368 e. The number of piperazine rings is 1. The molecule has 0 saturated carbocycles. The quantitative estimate of drug-likeness (QED) is 0.860. The first-order valence-electron chi connectivity index (χ1n) is 7.27. The summed E-state index contributed by atoms with van der Waals surface area (Å²) in [5.74, 6) is 0.0654. The molecule has 4 nitrogen and oxygen atoms in total. The molecule has 1 heterocycles. The largest absolute Gasteiger partial charge is 0.368 e. The Morgan fingerprint density at radius 3 is 2.48 bits per heavy atom. The average molecular weight is 311 g/mol. The Balaban J connectivity index is 1.84. The van der Waals surface area contributed by atoms with Gasteiger partial charge in [0, 0.05) is 36.9 Å². The van der Waals surface area contributed by atoms with E-state index in [4.69, 9.17) is 16.3 Å². The average Bonchev–Trinajstić information content (AvgIpc) is 2.44. The highest BCUT2D eigenvalue weighted by Crippen LogP contribution is 2.20. The predicted octanol–water partition coefficient (Wildman–Crippen LogP) is 2.80. The van der Waals surface area contributed by atoms with E-state index >= 15 is 0 Å². The van der Waals surface area contributed by atoms with Crippen LogP contribution in [-0.2, 0) is 9.53 Å². The Hall–Kier alpha value is -1.26. The van der Waals surface area contributed by atoms with E-state index in [0.717, 1.165) is 36.9 Å². The first-order valence-corrected chi connectivity index (χ1v) is 7.65. The molecule has 0 bridgehead atoms. The van der Waals surface area contributed by atoms with Gasteiger partial charge in [-0.3, -0.25) is 4.79 Å². The third-order valence-electron chi connectivity index (χ3n) is 3.43. The molecule has 0 spiro atoms. The number of hydrogen-bond acceptors (Lipinski definition) is 3. The zero-order chi connectivity index (χ0) is 15.5. The summed E-state index contributed by atoms with van der Waals surface area (Å²) in [4.78, 5) is 16.2. The fourth-order valence-corrected chi connectivity index (χ4v) is 2.44. The molecule has 1 amide bonds.